The van der Waals surface area contributed by atoms with E-state index in [1.807, 2.05) is 36.4 Å². The van der Waals surface area contributed by atoms with Crippen molar-refractivity contribution in [3.8, 4) is 40.5 Å². The second-order valence-electron chi connectivity index (χ2n) is 14.9. The molecule has 0 saturated carbocycles. The van der Waals surface area contributed by atoms with E-state index in [0.29, 0.717) is 45.1 Å². The molecule has 18 nitrogen and oxygen atoms in total. The molecule has 10 N–H and O–H groups in total. The van der Waals surface area contributed by atoms with Crippen molar-refractivity contribution in [3.05, 3.63) is 106 Å². The summed E-state index contributed by atoms with van der Waals surface area (Å²) in [6.07, 6.45) is -0.0129. The molecule has 18 heteroatoms. The molecule has 5 amide bonds. The number of nitrogens with one attached hydrogen (secondary N) is 4. The third kappa shape index (κ3) is 12.0. The van der Waals surface area contributed by atoms with Crippen LogP contribution in [0.1, 0.15) is 63.6 Å². The average Bonchev–Trinajstić information content (AvgIpc) is 3.28. The quantitative estimate of drug-likeness (QED) is 0.0679. The summed E-state index contributed by atoms with van der Waals surface area (Å²) in [6, 6.07) is 16.3. The number of carbonyl (C=O) groups is 5. The predicted octanol–water partition coefficient (Wildman–Crippen LogP) is 0.668. The lowest BCUT2D eigenvalue weighted by Gasteiger charge is -2.32. The minimum atomic E-state index is -1.41. The van der Waals surface area contributed by atoms with E-state index in [1.165, 1.54) is 18.9 Å². The van der Waals surface area contributed by atoms with Crippen molar-refractivity contribution in [2.45, 2.75) is 57.8 Å². The molecule has 3 aromatic carbocycles. The molecule has 1 aromatic heterocycles. The van der Waals surface area contributed by atoms with Crippen LogP contribution in [-0.4, -0.2) is 109 Å². The van der Waals surface area contributed by atoms with Gasteiger partial charge in [0.25, 0.3) is 5.91 Å². The summed E-state index contributed by atoms with van der Waals surface area (Å²) in [4.78, 5) is 80.2. The van der Waals surface area contributed by atoms with Crippen LogP contribution in [0.3, 0.4) is 0 Å². The first-order valence-electron chi connectivity index (χ1n) is 20.7. The highest BCUT2D eigenvalue weighted by atomic mass is 16.5. The Morgan fingerprint density at radius 2 is 1.52 bits per heavy atom. The molecule has 0 radical (unpaired) electrons. The van der Waals surface area contributed by atoms with Gasteiger partial charge >= 0.3 is 0 Å². The Kier molecular flexibility index (Phi) is 16.9. The number of aryl methyl sites for hydroxylation is 2. The topological polar surface area (TPSA) is 283 Å². The average molecular weight is 872 g/mol. The number of ether oxygens (including phenoxy) is 2. The van der Waals surface area contributed by atoms with Gasteiger partial charge in [-0.2, -0.15) is 5.26 Å². The molecular weight excluding hydrogens is 819 g/mol. The molecule has 334 valence electrons. The van der Waals surface area contributed by atoms with Gasteiger partial charge in [-0.15, -0.1) is 0 Å². The minimum absolute atomic E-state index is 0.00168. The molecule has 1 aliphatic rings. The van der Waals surface area contributed by atoms with Crippen LogP contribution in [0.2, 0.25) is 0 Å². The molecule has 0 spiro atoms. The van der Waals surface area contributed by atoms with Crippen molar-refractivity contribution in [1.29, 1.82) is 5.26 Å². The Morgan fingerprint density at radius 1 is 0.875 bits per heavy atom. The third-order valence-electron chi connectivity index (χ3n) is 10.2. The Bertz CT molecular complexity index is 2440. The molecule has 2 heterocycles. The lowest BCUT2D eigenvalue weighted by molar-refractivity contribution is -0.141. The standard InChI is InChI=1S/C46H53N11O7/c1-27-40(28(2)53-39(52-27)15-11-30-8-6-5-7-9-30)44(60)55-35(16-17-47)46(62)57(4)41-32-12-14-38(64-23-20-50)34(26-32)33-24-31(10-13-37(33)63-22-19-49)25-36(43(59)51-21-18-48)56-42(58)29(3)54-45(41)61/h5-10,12-14,24,26,29,35-36,41H,16-17,19-23,25,47,49-50H2,1-4H3,(H,51,59)(H,54,61)(H,55,60)(H,56,58)/t29-,35-,36-,41-/m0/s1. The Labute approximate surface area is 371 Å². The summed E-state index contributed by atoms with van der Waals surface area (Å²) in [6.45, 7) is 5.05. The van der Waals surface area contributed by atoms with Gasteiger partial charge in [-0.3, -0.25) is 24.0 Å². The fraction of sp³-hybridized carbons (Fsp3) is 0.348. The molecular formula is C46H53N11O7. The van der Waals surface area contributed by atoms with E-state index in [2.05, 4.69) is 43.1 Å². The lowest BCUT2D eigenvalue weighted by Crippen LogP contribution is -2.56. The molecule has 0 unspecified atom stereocenters. The highest BCUT2D eigenvalue weighted by Crippen LogP contribution is 2.40. The predicted molar refractivity (Wildman–Crippen MR) is 237 cm³/mol. The van der Waals surface area contributed by atoms with Gasteiger partial charge in [-0.1, -0.05) is 36.3 Å². The van der Waals surface area contributed by atoms with Crippen LogP contribution >= 0.6 is 0 Å². The van der Waals surface area contributed by atoms with Gasteiger partial charge in [0.1, 0.15) is 55.4 Å². The van der Waals surface area contributed by atoms with E-state index in [-0.39, 0.29) is 63.6 Å². The van der Waals surface area contributed by atoms with Gasteiger partial charge in [-0.25, -0.2) is 9.97 Å². The van der Waals surface area contributed by atoms with Crippen molar-refractivity contribution in [2.75, 3.05) is 46.4 Å². The third-order valence-corrected chi connectivity index (χ3v) is 10.2. The van der Waals surface area contributed by atoms with Crippen molar-refractivity contribution >= 4 is 29.5 Å². The number of aromatic nitrogens is 2. The summed E-state index contributed by atoms with van der Waals surface area (Å²) in [7, 11) is 1.40. The molecule has 4 bridgehead atoms. The number of hydrogen-bond donors (Lipinski definition) is 7. The molecule has 0 fully saturated rings. The first-order chi connectivity index (χ1) is 30.8. The van der Waals surface area contributed by atoms with E-state index in [1.54, 1.807) is 50.2 Å². The summed E-state index contributed by atoms with van der Waals surface area (Å²) in [5.41, 5.74) is 21.1. The van der Waals surface area contributed by atoms with Crippen molar-refractivity contribution in [1.82, 2.24) is 36.1 Å². The van der Waals surface area contributed by atoms with Crippen LogP contribution in [0.15, 0.2) is 66.7 Å². The molecule has 5 rings (SSSR count). The van der Waals surface area contributed by atoms with Gasteiger partial charge in [0, 0.05) is 43.2 Å². The molecule has 64 heavy (non-hydrogen) atoms. The Hall–Kier alpha value is -7.38. The number of nitrogens with zero attached hydrogens (tertiary/aromatic N) is 4. The van der Waals surface area contributed by atoms with E-state index in [9.17, 15) is 24.0 Å². The zero-order valence-electron chi connectivity index (χ0n) is 36.2. The van der Waals surface area contributed by atoms with Crippen LogP contribution < -0.4 is 47.9 Å². The lowest BCUT2D eigenvalue weighted by atomic mass is 9.93. The molecule has 4 atom stereocenters. The van der Waals surface area contributed by atoms with Crippen molar-refractivity contribution in [2.24, 2.45) is 17.2 Å². The molecule has 0 aliphatic carbocycles. The monoisotopic (exact) mass is 871 g/mol. The zero-order chi connectivity index (χ0) is 46.3. The Morgan fingerprint density at radius 3 is 2.14 bits per heavy atom. The van der Waals surface area contributed by atoms with Gasteiger partial charge in [-0.05, 0) is 87.2 Å². The normalized spacial score (nSPS) is 16.2. The van der Waals surface area contributed by atoms with E-state index < -0.39 is 53.7 Å². The van der Waals surface area contributed by atoms with Gasteiger partial charge in [0.15, 0.2) is 0 Å². The smallest absolute Gasteiger partial charge is 0.255 e. The number of hydrogen-bond acceptors (Lipinski definition) is 13. The van der Waals surface area contributed by atoms with Gasteiger partial charge in [0.05, 0.1) is 23.0 Å². The fourth-order valence-corrected chi connectivity index (χ4v) is 7.11. The van der Waals surface area contributed by atoms with E-state index in [0.717, 1.165) is 5.56 Å². The second kappa shape index (κ2) is 22.6. The largest absolute Gasteiger partial charge is 0.492 e. The number of rotatable bonds is 14. The summed E-state index contributed by atoms with van der Waals surface area (Å²) in [5, 5.41) is 19.8. The van der Waals surface area contributed by atoms with Crippen LogP contribution in [0.5, 0.6) is 11.5 Å². The maximum Gasteiger partial charge on any atom is 0.255 e. The van der Waals surface area contributed by atoms with Crippen LogP contribution in [-0.2, 0) is 25.6 Å². The van der Waals surface area contributed by atoms with E-state index >= 15 is 0 Å². The number of fused-ring (bicyclic) bond motifs is 5. The number of amides is 5. The number of carbonyl (C=O) groups excluding carboxylic acids is 5. The van der Waals surface area contributed by atoms with Crippen LogP contribution in [0.25, 0.3) is 11.1 Å². The summed E-state index contributed by atoms with van der Waals surface area (Å²) >= 11 is 0. The first kappa shape index (κ1) is 47.7. The number of nitrogens with two attached hydrogens (primary N) is 3. The minimum Gasteiger partial charge on any atom is -0.492 e. The van der Waals surface area contributed by atoms with E-state index in [4.69, 9.17) is 31.9 Å². The molecule has 0 saturated heterocycles. The van der Waals surface area contributed by atoms with Crippen LogP contribution in [0.4, 0.5) is 0 Å². The maximum atomic E-state index is 14.6. The highest BCUT2D eigenvalue weighted by Gasteiger charge is 2.36. The summed E-state index contributed by atoms with van der Waals surface area (Å²) in [5.74, 6) is 3.50. The molecule has 4 aromatic rings. The van der Waals surface area contributed by atoms with Crippen molar-refractivity contribution < 1.29 is 33.4 Å². The number of likely N-dealkylation sites (N-methyl/N-ethyl adjacent to an activating group) is 1. The zero-order valence-corrected chi connectivity index (χ0v) is 36.2. The van der Waals surface area contributed by atoms with Crippen molar-refractivity contribution in [3.63, 3.8) is 0 Å². The Balaban J connectivity index is 1.57. The van der Waals surface area contributed by atoms with Crippen LogP contribution in [0, 0.1) is 37.0 Å². The maximum absolute atomic E-state index is 14.6. The highest BCUT2D eigenvalue weighted by molar-refractivity contribution is 6.00. The SMILES string of the molecule is Cc1nc(C#Cc2ccccc2)nc(C)c1C(=O)N[C@@H](CCN)C(=O)N(C)[C@@H]1C(=O)N[C@@H](C)C(=O)N[C@H](C(=O)NCC#N)Cc2ccc(OCCN)c(c2)-c2cc1ccc2OCCN. The fourth-order valence-electron chi connectivity index (χ4n) is 7.11. The van der Waals surface area contributed by atoms with Gasteiger partial charge in [0.2, 0.25) is 29.5 Å². The summed E-state index contributed by atoms with van der Waals surface area (Å²) < 4.78 is 12.2. The number of benzene rings is 3. The number of nitriles is 1. The second-order valence-corrected chi connectivity index (χ2v) is 14.9. The first-order valence-corrected chi connectivity index (χ1v) is 20.7. The van der Waals surface area contributed by atoms with Gasteiger partial charge < -0.3 is 52.8 Å². The molecule has 1 aliphatic heterocycles.